The van der Waals surface area contributed by atoms with E-state index < -0.39 is 0 Å². The van der Waals surface area contributed by atoms with Gasteiger partial charge in [0, 0.05) is 0 Å². The molecule has 2 unspecified atom stereocenters. The van der Waals surface area contributed by atoms with Crippen LogP contribution in [0, 0.1) is 5.92 Å². The second kappa shape index (κ2) is 5.96. The largest absolute Gasteiger partial charge is 0.0620 e. The Morgan fingerprint density at radius 1 is 0.593 bits per heavy atom. The van der Waals surface area contributed by atoms with E-state index in [-0.39, 0.29) is 0 Å². The molecule has 0 saturated heterocycles. The van der Waals surface area contributed by atoms with Crippen molar-refractivity contribution in [2.45, 2.75) is 38.0 Å². The highest BCUT2D eigenvalue weighted by molar-refractivity contribution is 6.08. The monoisotopic (exact) mass is 348 g/mol. The molecule has 2 aliphatic rings. The molecule has 2 atom stereocenters. The predicted octanol–water partition coefficient (Wildman–Crippen LogP) is 6.83. The van der Waals surface area contributed by atoms with Crippen LogP contribution >= 0.6 is 0 Å². The molecule has 0 amide bonds. The van der Waals surface area contributed by atoms with Crippen LogP contribution in [-0.4, -0.2) is 0 Å². The molecule has 2 aliphatic carbocycles. The molecule has 0 N–H and O–H groups in total. The minimum absolute atomic E-state index is 0.755. The van der Waals surface area contributed by atoms with Crippen LogP contribution in [-0.2, 0) is 19.3 Å². The topological polar surface area (TPSA) is 0 Å². The molecule has 0 fully saturated rings. The van der Waals surface area contributed by atoms with Gasteiger partial charge in [-0.05, 0) is 87.7 Å². The van der Waals surface area contributed by atoms with Gasteiger partial charge in [-0.25, -0.2) is 0 Å². The van der Waals surface area contributed by atoms with Crippen molar-refractivity contribution < 1.29 is 0 Å². The summed E-state index contributed by atoms with van der Waals surface area (Å²) in [6, 6.07) is 27.4. The molecule has 6 rings (SSSR count). The summed E-state index contributed by atoms with van der Waals surface area (Å²) in [5.74, 6) is 1.54. The summed E-state index contributed by atoms with van der Waals surface area (Å²) >= 11 is 0. The highest BCUT2D eigenvalue weighted by Gasteiger charge is 2.32. The third-order valence-electron chi connectivity index (χ3n) is 7.13. The van der Waals surface area contributed by atoms with E-state index in [1.807, 2.05) is 0 Å². The SMILES string of the molecule is c1ccc2c(c1)CCC2C1CCc2ccc3c(ccc4ccccc43)c2C1. The van der Waals surface area contributed by atoms with Crippen LogP contribution in [0.25, 0.3) is 21.5 Å². The zero-order valence-corrected chi connectivity index (χ0v) is 15.6. The number of hydrogen-bond acceptors (Lipinski definition) is 0. The Labute approximate surface area is 160 Å². The zero-order valence-electron chi connectivity index (χ0n) is 15.6. The van der Waals surface area contributed by atoms with Crippen molar-refractivity contribution in [3.8, 4) is 0 Å². The molecular weight excluding hydrogens is 324 g/mol. The highest BCUT2D eigenvalue weighted by Crippen LogP contribution is 2.45. The van der Waals surface area contributed by atoms with Gasteiger partial charge in [0.15, 0.2) is 0 Å². The smallest absolute Gasteiger partial charge is 0.0102 e. The van der Waals surface area contributed by atoms with Gasteiger partial charge in [0.05, 0.1) is 0 Å². The number of rotatable bonds is 1. The Kier molecular flexibility index (Phi) is 3.41. The molecule has 0 aromatic heterocycles. The molecule has 0 nitrogen and oxygen atoms in total. The maximum absolute atomic E-state index is 2.41. The fourth-order valence-electron chi connectivity index (χ4n) is 5.80. The summed E-state index contributed by atoms with van der Waals surface area (Å²) < 4.78 is 0. The summed E-state index contributed by atoms with van der Waals surface area (Å²) in [6.07, 6.45) is 6.42. The second-order valence-corrected chi connectivity index (χ2v) is 8.43. The minimum atomic E-state index is 0.755. The Bertz CT molecular complexity index is 1170. The second-order valence-electron chi connectivity index (χ2n) is 8.43. The van der Waals surface area contributed by atoms with Crippen LogP contribution in [0.5, 0.6) is 0 Å². The van der Waals surface area contributed by atoms with Gasteiger partial charge in [-0.1, -0.05) is 72.8 Å². The van der Waals surface area contributed by atoms with Crippen LogP contribution in [0.2, 0.25) is 0 Å². The Morgan fingerprint density at radius 3 is 2.41 bits per heavy atom. The van der Waals surface area contributed by atoms with E-state index in [2.05, 4.69) is 72.8 Å². The normalized spacial score (nSPS) is 21.3. The molecule has 4 aromatic carbocycles. The lowest BCUT2D eigenvalue weighted by Crippen LogP contribution is -2.20. The molecule has 132 valence electrons. The molecule has 0 aliphatic heterocycles. The molecular formula is C27H24. The van der Waals surface area contributed by atoms with Gasteiger partial charge < -0.3 is 0 Å². The quantitative estimate of drug-likeness (QED) is 0.331. The molecule has 0 heterocycles. The van der Waals surface area contributed by atoms with E-state index in [0.29, 0.717) is 0 Å². The van der Waals surface area contributed by atoms with E-state index in [4.69, 9.17) is 0 Å². The number of hydrogen-bond donors (Lipinski definition) is 0. The van der Waals surface area contributed by atoms with Gasteiger partial charge in [0.2, 0.25) is 0 Å². The number of fused-ring (bicyclic) bond motifs is 6. The lowest BCUT2D eigenvalue weighted by Gasteiger charge is -2.31. The maximum atomic E-state index is 2.41. The zero-order chi connectivity index (χ0) is 17.8. The Balaban J connectivity index is 1.46. The van der Waals surface area contributed by atoms with E-state index in [1.165, 1.54) is 53.6 Å². The molecule has 0 spiro atoms. The summed E-state index contributed by atoms with van der Waals surface area (Å²) in [7, 11) is 0. The van der Waals surface area contributed by atoms with Crippen LogP contribution in [0.3, 0.4) is 0 Å². The summed E-state index contributed by atoms with van der Waals surface area (Å²) in [6.45, 7) is 0. The first-order valence-electron chi connectivity index (χ1n) is 10.4. The third kappa shape index (κ3) is 2.36. The molecule has 0 heteroatoms. The molecule has 0 saturated carbocycles. The van der Waals surface area contributed by atoms with Crippen molar-refractivity contribution in [3.05, 3.63) is 95.1 Å². The van der Waals surface area contributed by atoms with E-state index in [0.717, 1.165) is 11.8 Å². The molecule has 4 aromatic rings. The average molecular weight is 348 g/mol. The predicted molar refractivity (Wildman–Crippen MR) is 114 cm³/mol. The third-order valence-corrected chi connectivity index (χ3v) is 7.13. The van der Waals surface area contributed by atoms with Gasteiger partial charge >= 0.3 is 0 Å². The van der Waals surface area contributed by atoms with Crippen LogP contribution in [0.1, 0.15) is 41.0 Å². The van der Waals surface area contributed by atoms with Gasteiger partial charge in [-0.15, -0.1) is 0 Å². The van der Waals surface area contributed by atoms with Gasteiger partial charge in [-0.2, -0.15) is 0 Å². The van der Waals surface area contributed by atoms with Gasteiger partial charge in [0.1, 0.15) is 0 Å². The van der Waals surface area contributed by atoms with Crippen molar-refractivity contribution >= 4 is 21.5 Å². The van der Waals surface area contributed by atoms with Crippen LogP contribution < -0.4 is 0 Å². The summed E-state index contributed by atoms with van der Waals surface area (Å²) in [4.78, 5) is 0. The molecule has 0 bridgehead atoms. The molecule has 0 radical (unpaired) electrons. The Hall–Kier alpha value is -2.60. The maximum Gasteiger partial charge on any atom is -0.0102 e. The number of benzene rings is 4. The van der Waals surface area contributed by atoms with Crippen molar-refractivity contribution in [1.82, 2.24) is 0 Å². The minimum Gasteiger partial charge on any atom is -0.0620 e. The van der Waals surface area contributed by atoms with Crippen molar-refractivity contribution in [2.24, 2.45) is 5.92 Å². The first-order chi connectivity index (χ1) is 13.4. The lowest BCUT2D eigenvalue weighted by molar-refractivity contribution is 0.375. The first-order valence-corrected chi connectivity index (χ1v) is 10.4. The van der Waals surface area contributed by atoms with Crippen molar-refractivity contribution in [3.63, 3.8) is 0 Å². The van der Waals surface area contributed by atoms with Gasteiger partial charge in [0.25, 0.3) is 0 Å². The fourth-order valence-corrected chi connectivity index (χ4v) is 5.80. The molecule has 27 heavy (non-hydrogen) atoms. The lowest BCUT2D eigenvalue weighted by atomic mass is 9.73. The average Bonchev–Trinajstić information content (AvgIpc) is 3.17. The fraction of sp³-hybridized carbons (Fsp3) is 0.259. The van der Waals surface area contributed by atoms with E-state index in [1.54, 1.807) is 22.3 Å². The highest BCUT2D eigenvalue weighted by atomic mass is 14.4. The van der Waals surface area contributed by atoms with Crippen molar-refractivity contribution in [1.29, 1.82) is 0 Å². The van der Waals surface area contributed by atoms with Crippen molar-refractivity contribution in [2.75, 3.05) is 0 Å². The van der Waals surface area contributed by atoms with Gasteiger partial charge in [-0.3, -0.25) is 0 Å². The van der Waals surface area contributed by atoms with Crippen LogP contribution in [0.4, 0.5) is 0 Å². The number of aryl methyl sites for hydroxylation is 2. The first kappa shape index (κ1) is 15.5. The van der Waals surface area contributed by atoms with Crippen LogP contribution in [0.15, 0.2) is 72.8 Å². The van der Waals surface area contributed by atoms with E-state index >= 15 is 0 Å². The summed E-state index contributed by atoms with van der Waals surface area (Å²) in [5.41, 5.74) is 6.44. The standard InChI is InChI=1S/C27H24/c1-3-7-22-18(5-1)11-14-24(22)21-10-9-20-13-15-25-23-8-4-2-6-19(23)12-16-26(25)27(20)17-21/h1-8,12-13,15-16,21,24H,9-11,14,17H2. The Morgan fingerprint density at radius 2 is 1.41 bits per heavy atom. The van der Waals surface area contributed by atoms with E-state index in [9.17, 15) is 0 Å². The summed E-state index contributed by atoms with van der Waals surface area (Å²) in [5, 5.41) is 5.66.